The SMILES string of the molecule is CCCNC1CCN(CCCCC(F)(F)F)C1=O. The maximum atomic E-state index is 11.9. The molecule has 0 spiro atoms. The summed E-state index contributed by atoms with van der Waals surface area (Å²) < 4.78 is 35.8. The molecule has 0 aromatic carbocycles. The van der Waals surface area contributed by atoms with Crippen molar-refractivity contribution in [3.05, 3.63) is 0 Å². The third-order valence-corrected chi connectivity index (χ3v) is 3.08. The molecule has 1 amide bonds. The van der Waals surface area contributed by atoms with Gasteiger partial charge in [0.15, 0.2) is 0 Å². The summed E-state index contributed by atoms with van der Waals surface area (Å²) in [6.45, 7) is 3.94. The Bertz CT molecular complexity index is 269. The van der Waals surface area contributed by atoms with E-state index in [1.807, 2.05) is 6.92 Å². The molecule has 1 N–H and O–H groups in total. The van der Waals surface area contributed by atoms with Gasteiger partial charge in [0.05, 0.1) is 6.04 Å². The van der Waals surface area contributed by atoms with Gasteiger partial charge in [-0.3, -0.25) is 4.79 Å². The zero-order valence-corrected chi connectivity index (χ0v) is 10.7. The van der Waals surface area contributed by atoms with E-state index in [1.54, 1.807) is 4.90 Å². The lowest BCUT2D eigenvalue weighted by Gasteiger charge is -2.17. The van der Waals surface area contributed by atoms with E-state index in [2.05, 4.69) is 5.32 Å². The number of halogens is 3. The number of hydrogen-bond donors (Lipinski definition) is 1. The van der Waals surface area contributed by atoms with E-state index in [0.717, 1.165) is 19.4 Å². The Balaban J connectivity index is 2.18. The van der Waals surface area contributed by atoms with Crippen molar-refractivity contribution in [2.45, 2.75) is 51.2 Å². The van der Waals surface area contributed by atoms with Crippen molar-refractivity contribution in [2.75, 3.05) is 19.6 Å². The topological polar surface area (TPSA) is 32.3 Å². The molecule has 0 aromatic rings. The molecule has 1 fully saturated rings. The third kappa shape index (κ3) is 5.25. The fourth-order valence-corrected chi connectivity index (χ4v) is 2.10. The molecule has 1 heterocycles. The van der Waals surface area contributed by atoms with Crippen molar-refractivity contribution in [1.82, 2.24) is 10.2 Å². The maximum absolute atomic E-state index is 11.9. The van der Waals surface area contributed by atoms with Crippen LogP contribution in [0.5, 0.6) is 0 Å². The summed E-state index contributed by atoms with van der Waals surface area (Å²) in [5.74, 6) is 0.0375. The average Bonchev–Trinajstić information content (AvgIpc) is 2.62. The predicted octanol–water partition coefficient (Wildman–Crippen LogP) is 2.32. The highest BCUT2D eigenvalue weighted by Crippen LogP contribution is 2.22. The van der Waals surface area contributed by atoms with Gasteiger partial charge in [0.1, 0.15) is 0 Å². The van der Waals surface area contributed by atoms with Crippen molar-refractivity contribution in [2.24, 2.45) is 0 Å². The molecule has 1 aliphatic rings. The van der Waals surface area contributed by atoms with Crippen molar-refractivity contribution >= 4 is 5.91 Å². The first-order valence-corrected chi connectivity index (χ1v) is 6.53. The van der Waals surface area contributed by atoms with Gasteiger partial charge >= 0.3 is 6.18 Å². The lowest BCUT2D eigenvalue weighted by atomic mass is 10.2. The number of rotatable bonds is 7. The minimum absolute atomic E-state index is 0.0375. The molecular weight excluding hydrogens is 245 g/mol. The molecule has 0 aromatic heterocycles. The average molecular weight is 266 g/mol. The Morgan fingerprint density at radius 2 is 2.11 bits per heavy atom. The van der Waals surface area contributed by atoms with Crippen molar-refractivity contribution < 1.29 is 18.0 Å². The second kappa shape index (κ2) is 6.97. The normalized spacial score (nSPS) is 20.8. The number of alkyl halides is 3. The van der Waals surface area contributed by atoms with Gasteiger partial charge in [0.2, 0.25) is 5.91 Å². The van der Waals surface area contributed by atoms with Crippen molar-refractivity contribution in [3.8, 4) is 0 Å². The molecule has 0 saturated carbocycles. The zero-order chi connectivity index (χ0) is 13.6. The second-order valence-corrected chi connectivity index (χ2v) is 4.69. The van der Waals surface area contributed by atoms with E-state index in [-0.39, 0.29) is 18.4 Å². The molecule has 0 aliphatic carbocycles. The van der Waals surface area contributed by atoms with Gasteiger partial charge in [-0.15, -0.1) is 0 Å². The smallest absolute Gasteiger partial charge is 0.341 e. The van der Waals surface area contributed by atoms with Crippen LogP contribution in [0.3, 0.4) is 0 Å². The molecule has 3 nitrogen and oxygen atoms in total. The van der Waals surface area contributed by atoms with Crippen LogP contribution in [0.25, 0.3) is 0 Å². The fraction of sp³-hybridized carbons (Fsp3) is 0.917. The first-order chi connectivity index (χ1) is 8.44. The summed E-state index contributed by atoms with van der Waals surface area (Å²) >= 11 is 0. The lowest BCUT2D eigenvalue weighted by Crippen LogP contribution is -2.38. The zero-order valence-electron chi connectivity index (χ0n) is 10.7. The van der Waals surface area contributed by atoms with Gasteiger partial charge in [0, 0.05) is 19.5 Å². The monoisotopic (exact) mass is 266 g/mol. The first kappa shape index (κ1) is 15.3. The summed E-state index contributed by atoms with van der Waals surface area (Å²) in [7, 11) is 0. The number of nitrogens with one attached hydrogen (secondary N) is 1. The molecule has 1 atom stereocenters. The number of likely N-dealkylation sites (tertiary alicyclic amines) is 1. The highest BCUT2D eigenvalue weighted by molar-refractivity contribution is 5.83. The van der Waals surface area contributed by atoms with Crippen molar-refractivity contribution in [3.63, 3.8) is 0 Å². The first-order valence-electron chi connectivity index (χ1n) is 6.53. The number of amides is 1. The quantitative estimate of drug-likeness (QED) is 0.717. The van der Waals surface area contributed by atoms with E-state index in [4.69, 9.17) is 0 Å². The fourth-order valence-electron chi connectivity index (χ4n) is 2.10. The molecule has 106 valence electrons. The molecule has 0 radical (unpaired) electrons. The summed E-state index contributed by atoms with van der Waals surface area (Å²) in [4.78, 5) is 13.5. The summed E-state index contributed by atoms with van der Waals surface area (Å²) in [5, 5.41) is 3.15. The Labute approximate surface area is 106 Å². The predicted molar refractivity (Wildman–Crippen MR) is 63.2 cm³/mol. The third-order valence-electron chi connectivity index (χ3n) is 3.08. The van der Waals surface area contributed by atoms with Crippen LogP contribution in [0.2, 0.25) is 0 Å². The van der Waals surface area contributed by atoms with Crippen LogP contribution in [0.1, 0.15) is 39.0 Å². The van der Waals surface area contributed by atoms with Crippen LogP contribution < -0.4 is 5.32 Å². The largest absolute Gasteiger partial charge is 0.389 e. The van der Waals surface area contributed by atoms with Crippen LogP contribution in [0, 0.1) is 0 Å². The molecule has 6 heteroatoms. The highest BCUT2D eigenvalue weighted by Gasteiger charge is 2.31. The summed E-state index contributed by atoms with van der Waals surface area (Å²) in [6.07, 6.45) is -2.59. The number of unbranched alkanes of at least 4 members (excludes halogenated alkanes) is 1. The van der Waals surface area contributed by atoms with Gasteiger partial charge in [0.25, 0.3) is 0 Å². The summed E-state index contributed by atoms with van der Waals surface area (Å²) in [6, 6.07) is -0.132. The van der Waals surface area contributed by atoms with Gasteiger partial charge in [-0.1, -0.05) is 6.92 Å². The molecule has 1 saturated heterocycles. The van der Waals surface area contributed by atoms with Crippen molar-refractivity contribution in [1.29, 1.82) is 0 Å². The van der Waals surface area contributed by atoms with E-state index in [0.29, 0.717) is 19.5 Å². The second-order valence-electron chi connectivity index (χ2n) is 4.69. The Hall–Kier alpha value is -0.780. The van der Waals surface area contributed by atoms with Crippen LogP contribution in [-0.4, -0.2) is 42.7 Å². The Morgan fingerprint density at radius 1 is 1.39 bits per heavy atom. The minimum atomic E-state index is -4.08. The lowest BCUT2D eigenvalue weighted by molar-refractivity contribution is -0.136. The number of hydrogen-bond acceptors (Lipinski definition) is 2. The standard InChI is InChI=1S/C12H21F3N2O/c1-2-7-16-10-5-9-17(11(10)18)8-4-3-6-12(13,14)15/h10,16H,2-9H2,1H3. The molecular formula is C12H21F3N2O. The molecule has 1 rings (SSSR count). The Kier molecular flexibility index (Phi) is 5.91. The summed E-state index contributed by atoms with van der Waals surface area (Å²) in [5.41, 5.74) is 0. The van der Waals surface area contributed by atoms with E-state index in [9.17, 15) is 18.0 Å². The van der Waals surface area contributed by atoms with E-state index < -0.39 is 12.6 Å². The molecule has 0 bridgehead atoms. The van der Waals surface area contributed by atoms with E-state index >= 15 is 0 Å². The minimum Gasteiger partial charge on any atom is -0.341 e. The van der Waals surface area contributed by atoms with Crippen LogP contribution in [0.15, 0.2) is 0 Å². The van der Waals surface area contributed by atoms with Crippen LogP contribution in [-0.2, 0) is 4.79 Å². The van der Waals surface area contributed by atoms with Gasteiger partial charge in [-0.05, 0) is 32.2 Å². The van der Waals surface area contributed by atoms with Gasteiger partial charge < -0.3 is 10.2 Å². The van der Waals surface area contributed by atoms with Gasteiger partial charge in [-0.25, -0.2) is 0 Å². The number of carbonyl (C=O) groups excluding carboxylic acids is 1. The van der Waals surface area contributed by atoms with Gasteiger partial charge in [-0.2, -0.15) is 13.2 Å². The van der Waals surface area contributed by atoms with Crippen LogP contribution in [0.4, 0.5) is 13.2 Å². The Morgan fingerprint density at radius 3 is 2.72 bits per heavy atom. The number of nitrogens with zero attached hydrogens (tertiary/aromatic N) is 1. The highest BCUT2D eigenvalue weighted by atomic mass is 19.4. The number of carbonyl (C=O) groups is 1. The van der Waals surface area contributed by atoms with E-state index in [1.165, 1.54) is 0 Å². The molecule has 1 aliphatic heterocycles. The van der Waals surface area contributed by atoms with Crippen LogP contribution >= 0.6 is 0 Å². The molecule has 18 heavy (non-hydrogen) atoms. The molecule has 1 unspecified atom stereocenters. The maximum Gasteiger partial charge on any atom is 0.389 e.